The van der Waals surface area contributed by atoms with Gasteiger partial charge in [-0.3, -0.25) is 0 Å². The molecule has 21 heavy (non-hydrogen) atoms. The zero-order chi connectivity index (χ0) is 14.5. The SMILES string of the molecule is Nc1ccc(C=Cc2ccc(C3CCCCC3)cc2)cc1. The van der Waals surface area contributed by atoms with Crippen molar-refractivity contribution < 1.29 is 0 Å². The third-order valence-corrected chi connectivity index (χ3v) is 4.42. The third kappa shape index (κ3) is 3.75. The van der Waals surface area contributed by atoms with Gasteiger partial charge in [-0.1, -0.05) is 67.8 Å². The number of nitrogens with two attached hydrogens (primary N) is 1. The van der Waals surface area contributed by atoms with Gasteiger partial charge in [0, 0.05) is 5.69 Å². The lowest BCUT2D eigenvalue weighted by Crippen LogP contribution is -2.04. The molecule has 1 aliphatic carbocycles. The molecule has 0 aliphatic heterocycles. The van der Waals surface area contributed by atoms with Crippen LogP contribution in [0.4, 0.5) is 5.69 Å². The summed E-state index contributed by atoms with van der Waals surface area (Å²) in [5.41, 5.74) is 10.5. The topological polar surface area (TPSA) is 26.0 Å². The maximum absolute atomic E-state index is 5.70. The van der Waals surface area contributed by atoms with E-state index < -0.39 is 0 Å². The van der Waals surface area contributed by atoms with Crippen LogP contribution in [0.2, 0.25) is 0 Å². The van der Waals surface area contributed by atoms with E-state index in [9.17, 15) is 0 Å². The molecular weight excluding hydrogens is 254 g/mol. The molecule has 1 nitrogen and oxygen atoms in total. The molecule has 0 unspecified atom stereocenters. The number of hydrogen-bond acceptors (Lipinski definition) is 1. The van der Waals surface area contributed by atoms with Crippen molar-refractivity contribution >= 4 is 17.8 Å². The molecule has 0 radical (unpaired) electrons. The van der Waals surface area contributed by atoms with Gasteiger partial charge < -0.3 is 5.73 Å². The summed E-state index contributed by atoms with van der Waals surface area (Å²) in [6.45, 7) is 0. The van der Waals surface area contributed by atoms with Crippen molar-refractivity contribution in [3.63, 3.8) is 0 Å². The highest BCUT2D eigenvalue weighted by atomic mass is 14.5. The van der Waals surface area contributed by atoms with E-state index in [2.05, 4.69) is 36.4 Å². The average Bonchev–Trinajstić information content (AvgIpc) is 2.56. The van der Waals surface area contributed by atoms with E-state index in [0.29, 0.717) is 0 Å². The fourth-order valence-corrected chi connectivity index (χ4v) is 3.11. The quantitative estimate of drug-likeness (QED) is 0.583. The normalized spacial score (nSPS) is 16.4. The zero-order valence-corrected chi connectivity index (χ0v) is 12.5. The Bertz CT molecular complexity index is 587. The van der Waals surface area contributed by atoms with Crippen LogP contribution >= 0.6 is 0 Å². The van der Waals surface area contributed by atoms with Gasteiger partial charge in [0.25, 0.3) is 0 Å². The van der Waals surface area contributed by atoms with Gasteiger partial charge in [-0.05, 0) is 47.6 Å². The molecule has 2 aromatic carbocycles. The Morgan fingerprint density at radius 1 is 0.714 bits per heavy atom. The highest BCUT2D eigenvalue weighted by Crippen LogP contribution is 2.32. The Morgan fingerprint density at radius 3 is 1.81 bits per heavy atom. The summed E-state index contributed by atoms with van der Waals surface area (Å²) in [6.07, 6.45) is 11.2. The molecule has 1 saturated carbocycles. The van der Waals surface area contributed by atoms with Crippen molar-refractivity contribution in [2.24, 2.45) is 0 Å². The van der Waals surface area contributed by atoms with Crippen molar-refractivity contribution in [3.05, 3.63) is 65.2 Å². The van der Waals surface area contributed by atoms with Crippen LogP contribution in [0.3, 0.4) is 0 Å². The van der Waals surface area contributed by atoms with Gasteiger partial charge in [-0.15, -0.1) is 0 Å². The molecule has 2 aromatic rings. The summed E-state index contributed by atoms with van der Waals surface area (Å²) in [7, 11) is 0. The molecule has 0 amide bonds. The maximum atomic E-state index is 5.70. The second-order valence-electron chi connectivity index (χ2n) is 6.00. The highest BCUT2D eigenvalue weighted by molar-refractivity contribution is 5.70. The highest BCUT2D eigenvalue weighted by Gasteiger charge is 2.14. The van der Waals surface area contributed by atoms with Crippen molar-refractivity contribution in [2.75, 3.05) is 5.73 Å². The number of nitrogen functional groups attached to an aromatic ring is 1. The Hall–Kier alpha value is -2.02. The standard InChI is InChI=1S/C20H23N/c21-20-14-10-17(11-15-20)7-6-16-8-12-19(13-9-16)18-4-2-1-3-5-18/h6-15,18H,1-5,21H2. The summed E-state index contributed by atoms with van der Waals surface area (Å²) >= 11 is 0. The van der Waals surface area contributed by atoms with E-state index in [1.165, 1.54) is 48.8 Å². The van der Waals surface area contributed by atoms with Gasteiger partial charge in [0.1, 0.15) is 0 Å². The smallest absolute Gasteiger partial charge is 0.0314 e. The van der Waals surface area contributed by atoms with Gasteiger partial charge >= 0.3 is 0 Å². The van der Waals surface area contributed by atoms with Gasteiger partial charge in [-0.2, -0.15) is 0 Å². The zero-order valence-electron chi connectivity index (χ0n) is 12.5. The van der Waals surface area contributed by atoms with Crippen LogP contribution in [0.15, 0.2) is 48.5 Å². The lowest BCUT2D eigenvalue weighted by atomic mass is 9.84. The third-order valence-electron chi connectivity index (χ3n) is 4.42. The van der Waals surface area contributed by atoms with Gasteiger partial charge in [0.2, 0.25) is 0 Å². The first-order chi connectivity index (χ1) is 10.3. The number of rotatable bonds is 3. The maximum Gasteiger partial charge on any atom is 0.0314 e. The minimum atomic E-state index is 0.786. The predicted octanol–water partition coefficient (Wildman–Crippen LogP) is 5.49. The molecule has 3 rings (SSSR count). The van der Waals surface area contributed by atoms with Crippen LogP contribution in [-0.4, -0.2) is 0 Å². The monoisotopic (exact) mass is 277 g/mol. The number of anilines is 1. The molecule has 0 spiro atoms. The average molecular weight is 277 g/mol. The summed E-state index contributed by atoms with van der Waals surface area (Å²) in [4.78, 5) is 0. The first-order valence-electron chi connectivity index (χ1n) is 7.95. The van der Waals surface area contributed by atoms with E-state index in [1.54, 1.807) is 0 Å². The lowest BCUT2D eigenvalue weighted by molar-refractivity contribution is 0.443. The largest absolute Gasteiger partial charge is 0.399 e. The molecular formula is C20H23N. The van der Waals surface area contributed by atoms with Crippen molar-refractivity contribution in [1.82, 2.24) is 0 Å². The van der Waals surface area contributed by atoms with Crippen LogP contribution in [0.5, 0.6) is 0 Å². The summed E-state index contributed by atoms with van der Waals surface area (Å²) in [6, 6.07) is 17.0. The van der Waals surface area contributed by atoms with Crippen molar-refractivity contribution in [1.29, 1.82) is 0 Å². The van der Waals surface area contributed by atoms with Gasteiger partial charge in [0.15, 0.2) is 0 Å². The van der Waals surface area contributed by atoms with E-state index in [1.807, 2.05) is 24.3 Å². The Morgan fingerprint density at radius 2 is 1.24 bits per heavy atom. The van der Waals surface area contributed by atoms with Crippen LogP contribution in [0.1, 0.15) is 54.7 Å². The molecule has 1 heteroatoms. The molecule has 1 aliphatic rings. The van der Waals surface area contributed by atoms with Crippen molar-refractivity contribution in [3.8, 4) is 0 Å². The second kappa shape index (κ2) is 6.62. The molecule has 0 saturated heterocycles. The number of benzene rings is 2. The van der Waals surface area contributed by atoms with E-state index >= 15 is 0 Å². The molecule has 108 valence electrons. The Kier molecular flexibility index (Phi) is 4.40. The summed E-state index contributed by atoms with van der Waals surface area (Å²) < 4.78 is 0. The second-order valence-corrected chi connectivity index (χ2v) is 6.00. The Labute approximate surface area is 127 Å². The molecule has 0 bridgehead atoms. The Balaban J connectivity index is 1.67. The van der Waals surface area contributed by atoms with Crippen LogP contribution in [-0.2, 0) is 0 Å². The van der Waals surface area contributed by atoms with E-state index in [4.69, 9.17) is 5.73 Å². The van der Waals surface area contributed by atoms with E-state index in [-0.39, 0.29) is 0 Å². The van der Waals surface area contributed by atoms with Gasteiger partial charge in [0.05, 0.1) is 0 Å². The minimum Gasteiger partial charge on any atom is -0.399 e. The van der Waals surface area contributed by atoms with Crippen LogP contribution in [0.25, 0.3) is 12.2 Å². The van der Waals surface area contributed by atoms with E-state index in [0.717, 1.165) is 11.6 Å². The molecule has 2 N–H and O–H groups in total. The lowest BCUT2D eigenvalue weighted by Gasteiger charge is -2.21. The van der Waals surface area contributed by atoms with Crippen LogP contribution < -0.4 is 5.73 Å². The summed E-state index contributed by atoms with van der Waals surface area (Å²) in [5, 5.41) is 0. The summed E-state index contributed by atoms with van der Waals surface area (Å²) in [5.74, 6) is 0.786. The van der Waals surface area contributed by atoms with Gasteiger partial charge in [-0.25, -0.2) is 0 Å². The molecule has 0 heterocycles. The van der Waals surface area contributed by atoms with Crippen molar-refractivity contribution in [2.45, 2.75) is 38.0 Å². The first kappa shape index (κ1) is 13.9. The minimum absolute atomic E-state index is 0.786. The predicted molar refractivity (Wildman–Crippen MR) is 92.1 cm³/mol. The fourth-order valence-electron chi connectivity index (χ4n) is 3.11. The first-order valence-corrected chi connectivity index (χ1v) is 7.95. The fraction of sp³-hybridized carbons (Fsp3) is 0.300. The van der Waals surface area contributed by atoms with Crippen LogP contribution in [0, 0.1) is 0 Å². The number of hydrogen-bond donors (Lipinski definition) is 1. The molecule has 0 aromatic heterocycles. The molecule has 1 fully saturated rings. The molecule has 0 atom stereocenters.